The van der Waals surface area contributed by atoms with Gasteiger partial charge in [0.1, 0.15) is 5.75 Å². The van der Waals surface area contributed by atoms with Gasteiger partial charge in [0.25, 0.3) is 0 Å². The normalized spacial score (nSPS) is 16.4. The van der Waals surface area contributed by atoms with Crippen molar-refractivity contribution in [2.24, 2.45) is 5.92 Å². The van der Waals surface area contributed by atoms with Gasteiger partial charge < -0.3 is 9.84 Å². The van der Waals surface area contributed by atoms with Crippen molar-refractivity contribution in [1.29, 1.82) is 0 Å². The fourth-order valence-electron chi connectivity index (χ4n) is 2.45. The highest BCUT2D eigenvalue weighted by Crippen LogP contribution is 2.28. The summed E-state index contributed by atoms with van der Waals surface area (Å²) in [5, 5.41) is 9.85. The molecule has 1 saturated carbocycles. The minimum absolute atomic E-state index is 0.0285. The third kappa shape index (κ3) is 3.62. The summed E-state index contributed by atoms with van der Waals surface area (Å²) in [4.78, 5) is 0. The lowest BCUT2D eigenvalue weighted by atomic mass is 10.1. The molecule has 17 heavy (non-hydrogen) atoms. The second kappa shape index (κ2) is 6.27. The van der Waals surface area contributed by atoms with E-state index in [1.165, 1.54) is 25.7 Å². The molecule has 0 aromatic heterocycles. The third-order valence-electron chi connectivity index (χ3n) is 3.45. The van der Waals surface area contributed by atoms with Gasteiger partial charge in [-0.2, -0.15) is 0 Å². The van der Waals surface area contributed by atoms with E-state index in [-0.39, 0.29) is 6.61 Å². The molecule has 0 amide bonds. The molecule has 0 spiro atoms. The van der Waals surface area contributed by atoms with Gasteiger partial charge in [-0.15, -0.1) is 0 Å². The molecule has 1 aliphatic carbocycles. The van der Waals surface area contributed by atoms with Gasteiger partial charge in [-0.3, -0.25) is 0 Å². The number of rotatable bonds is 5. The van der Waals surface area contributed by atoms with Crippen LogP contribution in [-0.4, -0.2) is 11.7 Å². The molecule has 0 bridgehead atoms. The zero-order valence-electron chi connectivity index (χ0n) is 9.99. The fraction of sp³-hybridized carbons (Fsp3) is 0.571. The smallest absolute Gasteiger partial charge is 0.124 e. The summed E-state index contributed by atoms with van der Waals surface area (Å²) in [5.41, 5.74) is 0.768. The molecule has 0 heterocycles. The first kappa shape index (κ1) is 12.7. The van der Waals surface area contributed by atoms with E-state index in [9.17, 15) is 5.11 Å². The first-order valence-electron chi connectivity index (χ1n) is 6.31. The van der Waals surface area contributed by atoms with Crippen molar-refractivity contribution in [2.75, 3.05) is 6.61 Å². The lowest BCUT2D eigenvalue weighted by molar-refractivity contribution is 0.251. The fourth-order valence-corrected chi connectivity index (χ4v) is 2.64. The lowest BCUT2D eigenvalue weighted by Crippen LogP contribution is -2.05. The van der Waals surface area contributed by atoms with Gasteiger partial charge in [-0.25, -0.2) is 0 Å². The average Bonchev–Trinajstić information content (AvgIpc) is 2.84. The van der Waals surface area contributed by atoms with Gasteiger partial charge in [0.15, 0.2) is 0 Å². The SMILES string of the molecule is OCc1cc(Cl)ccc1OCCC1CCCC1. The standard InChI is InChI=1S/C14H19ClO2/c15-13-5-6-14(12(9-13)10-16)17-8-7-11-3-1-2-4-11/h5-6,9,11,16H,1-4,7-8,10H2. The van der Waals surface area contributed by atoms with Crippen molar-refractivity contribution in [2.45, 2.75) is 38.7 Å². The Labute approximate surface area is 108 Å². The van der Waals surface area contributed by atoms with Gasteiger partial charge in [0.05, 0.1) is 13.2 Å². The molecular formula is C14H19ClO2. The molecule has 94 valence electrons. The van der Waals surface area contributed by atoms with Crippen molar-refractivity contribution in [3.05, 3.63) is 28.8 Å². The molecule has 3 heteroatoms. The monoisotopic (exact) mass is 254 g/mol. The summed E-state index contributed by atoms with van der Waals surface area (Å²) in [6, 6.07) is 5.39. The van der Waals surface area contributed by atoms with E-state index >= 15 is 0 Å². The summed E-state index contributed by atoms with van der Waals surface area (Å²) >= 11 is 5.87. The number of aliphatic hydroxyl groups is 1. The third-order valence-corrected chi connectivity index (χ3v) is 3.69. The second-order valence-corrected chi connectivity index (χ2v) is 5.13. The highest BCUT2D eigenvalue weighted by atomic mass is 35.5. The van der Waals surface area contributed by atoms with Crippen molar-refractivity contribution in [3.8, 4) is 5.75 Å². The number of hydrogen-bond donors (Lipinski definition) is 1. The lowest BCUT2D eigenvalue weighted by Gasteiger charge is -2.13. The van der Waals surface area contributed by atoms with E-state index in [1.807, 2.05) is 6.07 Å². The molecule has 1 aliphatic rings. The van der Waals surface area contributed by atoms with Crippen molar-refractivity contribution in [1.82, 2.24) is 0 Å². The average molecular weight is 255 g/mol. The molecule has 2 rings (SSSR count). The Morgan fingerprint density at radius 2 is 2.06 bits per heavy atom. The van der Waals surface area contributed by atoms with Crippen LogP contribution >= 0.6 is 11.6 Å². The Hall–Kier alpha value is -0.730. The number of benzene rings is 1. The predicted octanol–water partition coefficient (Wildman–Crippen LogP) is 3.79. The van der Waals surface area contributed by atoms with Gasteiger partial charge in [0.2, 0.25) is 0 Å². The molecule has 1 aromatic carbocycles. The zero-order chi connectivity index (χ0) is 12.1. The van der Waals surface area contributed by atoms with Crippen molar-refractivity contribution in [3.63, 3.8) is 0 Å². The summed E-state index contributed by atoms with van der Waals surface area (Å²) in [6.45, 7) is 0.707. The molecule has 0 radical (unpaired) electrons. The Balaban J connectivity index is 1.85. The van der Waals surface area contributed by atoms with Gasteiger partial charge in [-0.1, -0.05) is 37.3 Å². The summed E-state index contributed by atoms with van der Waals surface area (Å²) in [6.07, 6.45) is 6.54. The van der Waals surface area contributed by atoms with Crippen molar-refractivity contribution >= 4 is 11.6 Å². The van der Waals surface area contributed by atoms with E-state index in [0.29, 0.717) is 5.02 Å². The van der Waals surface area contributed by atoms with Crippen molar-refractivity contribution < 1.29 is 9.84 Å². The van der Waals surface area contributed by atoms with Crippen LogP contribution in [0.4, 0.5) is 0 Å². The van der Waals surface area contributed by atoms with Crippen LogP contribution < -0.4 is 4.74 Å². The van der Waals surface area contributed by atoms with Crippen LogP contribution in [0.2, 0.25) is 5.02 Å². The first-order chi connectivity index (χ1) is 8.29. The van der Waals surface area contributed by atoms with E-state index < -0.39 is 0 Å². The Bertz CT molecular complexity index is 359. The number of ether oxygens (including phenoxy) is 1. The number of aliphatic hydroxyl groups excluding tert-OH is 1. The topological polar surface area (TPSA) is 29.5 Å². The molecule has 0 unspecified atom stereocenters. The van der Waals surface area contributed by atoms with Crippen LogP contribution in [0.25, 0.3) is 0 Å². The highest BCUT2D eigenvalue weighted by molar-refractivity contribution is 6.30. The van der Waals surface area contributed by atoms with Crippen LogP contribution in [0.5, 0.6) is 5.75 Å². The quantitative estimate of drug-likeness (QED) is 0.866. The van der Waals surface area contributed by atoms with E-state index in [4.69, 9.17) is 16.3 Å². The van der Waals surface area contributed by atoms with E-state index in [0.717, 1.165) is 30.3 Å². The molecule has 0 aliphatic heterocycles. The molecular weight excluding hydrogens is 236 g/mol. The largest absolute Gasteiger partial charge is 0.493 e. The first-order valence-corrected chi connectivity index (χ1v) is 6.69. The second-order valence-electron chi connectivity index (χ2n) is 4.70. The predicted molar refractivity (Wildman–Crippen MR) is 69.4 cm³/mol. The maximum atomic E-state index is 9.22. The van der Waals surface area contributed by atoms with Crippen LogP contribution in [0.3, 0.4) is 0 Å². The van der Waals surface area contributed by atoms with Gasteiger partial charge in [-0.05, 0) is 30.5 Å². The van der Waals surface area contributed by atoms with E-state index in [2.05, 4.69) is 0 Å². The molecule has 1 N–H and O–H groups in total. The highest BCUT2D eigenvalue weighted by Gasteiger charge is 2.14. The summed E-state index contributed by atoms with van der Waals surface area (Å²) in [7, 11) is 0. The van der Waals surface area contributed by atoms with Crippen LogP contribution in [0.1, 0.15) is 37.7 Å². The number of halogens is 1. The summed E-state index contributed by atoms with van der Waals surface area (Å²) in [5.74, 6) is 1.59. The molecule has 0 atom stereocenters. The Kier molecular flexibility index (Phi) is 4.69. The maximum Gasteiger partial charge on any atom is 0.124 e. The summed E-state index contributed by atoms with van der Waals surface area (Å²) < 4.78 is 5.73. The van der Waals surface area contributed by atoms with E-state index in [1.54, 1.807) is 12.1 Å². The number of hydrogen-bond acceptors (Lipinski definition) is 2. The minimum atomic E-state index is -0.0285. The molecule has 0 saturated heterocycles. The Morgan fingerprint density at radius 1 is 1.29 bits per heavy atom. The zero-order valence-corrected chi connectivity index (χ0v) is 10.7. The molecule has 1 fully saturated rings. The minimum Gasteiger partial charge on any atom is -0.493 e. The Morgan fingerprint density at radius 3 is 2.76 bits per heavy atom. The van der Waals surface area contributed by atoms with Crippen LogP contribution in [0.15, 0.2) is 18.2 Å². The van der Waals surface area contributed by atoms with Gasteiger partial charge >= 0.3 is 0 Å². The van der Waals surface area contributed by atoms with Crippen LogP contribution in [0, 0.1) is 5.92 Å². The molecule has 2 nitrogen and oxygen atoms in total. The van der Waals surface area contributed by atoms with Gasteiger partial charge in [0, 0.05) is 10.6 Å². The molecule has 1 aromatic rings. The van der Waals surface area contributed by atoms with Crippen LogP contribution in [-0.2, 0) is 6.61 Å². The maximum absolute atomic E-state index is 9.22.